The minimum absolute atomic E-state index is 0.0375. The Labute approximate surface area is 393 Å². The maximum atomic E-state index is 2.63. The molecule has 358 valence electrons. The summed E-state index contributed by atoms with van der Waals surface area (Å²) in [5, 5.41) is 3.23. The van der Waals surface area contributed by atoms with E-state index in [0.29, 0.717) is 22.6 Å². The Morgan fingerprint density at radius 2 is 0.419 bits per heavy atom. The van der Waals surface area contributed by atoms with Gasteiger partial charge in [0.2, 0.25) is 0 Å². The van der Waals surface area contributed by atoms with Crippen molar-refractivity contribution >= 4 is 26.5 Å². The first-order chi connectivity index (χ1) is 26.9. The summed E-state index contributed by atoms with van der Waals surface area (Å²) >= 11 is 0. The third-order valence-corrected chi connectivity index (χ3v) is 27.3. The van der Waals surface area contributed by atoms with Gasteiger partial charge in [0.25, 0.3) is 0 Å². The highest BCUT2D eigenvalue weighted by Gasteiger charge is 2.60. The van der Waals surface area contributed by atoms with Gasteiger partial charge in [-0.15, -0.1) is 0 Å². The molecule has 0 radical (unpaired) electrons. The summed E-state index contributed by atoms with van der Waals surface area (Å²) in [6.45, 7) is 82.1. The van der Waals surface area contributed by atoms with Gasteiger partial charge in [0, 0.05) is 0 Å². The summed E-state index contributed by atoms with van der Waals surface area (Å²) in [6.07, 6.45) is 0. The van der Waals surface area contributed by atoms with Crippen molar-refractivity contribution in [1.29, 1.82) is 0 Å². The lowest BCUT2D eigenvalue weighted by Crippen LogP contribution is -2.55. The van der Waals surface area contributed by atoms with Gasteiger partial charge in [0.15, 0.2) is 0 Å². The summed E-state index contributed by atoms with van der Waals surface area (Å²) in [5.41, 5.74) is 5.49. The van der Waals surface area contributed by atoms with Gasteiger partial charge in [0.1, 0.15) is 0 Å². The third kappa shape index (κ3) is 11.3. The van der Waals surface area contributed by atoms with Crippen LogP contribution >= 0.6 is 15.8 Å². The Balaban J connectivity index is 3.65. The van der Waals surface area contributed by atoms with Crippen LogP contribution in [0.1, 0.15) is 222 Å². The van der Waals surface area contributed by atoms with E-state index in [0.717, 1.165) is 0 Å². The molecule has 0 aliphatic carbocycles. The lowest BCUT2D eigenvalue weighted by molar-refractivity contribution is 0.0647. The van der Waals surface area contributed by atoms with Crippen LogP contribution in [0.4, 0.5) is 0 Å². The van der Waals surface area contributed by atoms with Crippen LogP contribution in [-0.2, 0) is 0 Å². The highest BCUT2D eigenvalue weighted by Crippen LogP contribution is 2.73. The second-order valence-corrected chi connectivity index (χ2v) is 35.5. The van der Waals surface area contributed by atoms with Crippen LogP contribution in [0, 0.1) is 65.0 Å². The fourth-order valence-electron chi connectivity index (χ4n) is 11.7. The first kappa shape index (κ1) is 57.4. The summed E-state index contributed by atoms with van der Waals surface area (Å²) in [5.74, 6) is 0. The van der Waals surface area contributed by atoms with E-state index in [-0.39, 0.29) is 65.0 Å². The minimum Gasteiger partial charge on any atom is -0.0661 e. The molecule has 2 aromatic rings. The molecular formula is C60H108P2. The second kappa shape index (κ2) is 17.7. The average Bonchev–Trinajstić information content (AvgIpc) is 2.99. The fourth-order valence-corrected chi connectivity index (χ4v) is 22.6. The zero-order valence-corrected chi connectivity index (χ0v) is 49.6. The van der Waals surface area contributed by atoms with Crippen LogP contribution < -0.4 is 10.6 Å². The van der Waals surface area contributed by atoms with E-state index < -0.39 is 15.8 Å². The highest BCUT2D eigenvalue weighted by atomic mass is 31.1. The van der Waals surface area contributed by atoms with Crippen LogP contribution in [0.2, 0.25) is 0 Å². The molecule has 2 heteroatoms. The van der Waals surface area contributed by atoms with Gasteiger partial charge in [-0.05, 0) is 109 Å². The molecule has 0 N–H and O–H groups in total. The van der Waals surface area contributed by atoms with Crippen LogP contribution in [-0.4, -0.2) is 22.6 Å². The van der Waals surface area contributed by atoms with Gasteiger partial charge in [-0.2, -0.15) is 0 Å². The van der Waals surface area contributed by atoms with E-state index in [9.17, 15) is 0 Å². The molecule has 0 saturated heterocycles. The second-order valence-electron chi connectivity index (χ2n) is 30.8. The molecule has 62 heavy (non-hydrogen) atoms. The lowest BCUT2D eigenvalue weighted by Gasteiger charge is -2.62. The van der Waals surface area contributed by atoms with E-state index in [4.69, 9.17) is 0 Å². The molecule has 0 bridgehead atoms. The molecule has 0 amide bonds. The Hall–Kier alpha value is -0.700. The summed E-state index contributed by atoms with van der Waals surface area (Å²) in [6, 6.07) is 19.9. The van der Waals surface area contributed by atoms with Crippen molar-refractivity contribution in [2.75, 3.05) is 0 Å². The molecule has 4 unspecified atom stereocenters. The molecule has 0 spiro atoms. The molecule has 0 aliphatic rings. The predicted molar refractivity (Wildman–Crippen MR) is 291 cm³/mol. The molecule has 0 aliphatic heterocycles. The molecule has 2 aromatic carbocycles. The molecule has 2 rings (SSSR count). The monoisotopic (exact) mass is 891 g/mol. The van der Waals surface area contributed by atoms with Crippen LogP contribution in [0.5, 0.6) is 0 Å². The minimum atomic E-state index is -0.790. The zero-order valence-electron chi connectivity index (χ0n) is 47.8. The van der Waals surface area contributed by atoms with Crippen molar-refractivity contribution in [3.8, 4) is 11.1 Å². The van der Waals surface area contributed by atoms with Gasteiger partial charge in [-0.3, -0.25) is 0 Å². The first-order valence-corrected chi connectivity index (χ1v) is 27.7. The van der Waals surface area contributed by atoms with E-state index in [1.165, 1.54) is 11.1 Å². The van der Waals surface area contributed by atoms with Crippen molar-refractivity contribution in [2.45, 2.75) is 244 Å². The van der Waals surface area contributed by atoms with E-state index >= 15 is 0 Å². The number of hydrogen-bond donors (Lipinski definition) is 0. The van der Waals surface area contributed by atoms with Crippen LogP contribution in [0.25, 0.3) is 11.1 Å². The number of rotatable bonds is 11. The standard InChI is InChI=1S/C60H108P2/c1-49(2,3)45(57(25,26)53(13,14)15)61(46(50(4,5)6)58(27,28)54(16,17)18)43-39-35-33-37-41(43)42-38-34-36-40-44(42)62(47(51(7,8)9)59(29,30)55(19,20)21)48(52(10,11)12)60(31,32)56(22,23)24/h33-40,45-48H,1-32H3. The number of benzene rings is 2. The highest BCUT2D eigenvalue weighted by molar-refractivity contribution is 7.68. The maximum absolute atomic E-state index is 2.63. The molecule has 0 nitrogen and oxygen atoms in total. The molecule has 0 aromatic heterocycles. The van der Waals surface area contributed by atoms with Gasteiger partial charge in [-0.1, -0.05) is 286 Å². The van der Waals surface area contributed by atoms with Crippen molar-refractivity contribution in [1.82, 2.24) is 0 Å². The van der Waals surface area contributed by atoms with Crippen molar-refractivity contribution < 1.29 is 0 Å². The fraction of sp³-hybridized carbons (Fsp3) is 0.800. The largest absolute Gasteiger partial charge is 0.0661 e. The Kier molecular flexibility index (Phi) is 16.4. The zero-order chi connectivity index (χ0) is 49.4. The quantitative estimate of drug-likeness (QED) is 0.197. The van der Waals surface area contributed by atoms with Crippen molar-refractivity contribution in [3.05, 3.63) is 48.5 Å². The Morgan fingerprint density at radius 1 is 0.258 bits per heavy atom. The third-order valence-electron chi connectivity index (χ3n) is 17.5. The lowest BCUT2D eigenvalue weighted by atomic mass is 9.61. The van der Waals surface area contributed by atoms with E-state index in [2.05, 4.69) is 270 Å². The molecule has 0 saturated carbocycles. The maximum Gasteiger partial charge on any atom is -0.00609 e. The summed E-state index contributed by atoms with van der Waals surface area (Å²) in [7, 11) is -1.58. The smallest absolute Gasteiger partial charge is 0.00609 e. The summed E-state index contributed by atoms with van der Waals surface area (Å²) in [4.78, 5) is 0. The van der Waals surface area contributed by atoms with E-state index in [1.54, 1.807) is 10.6 Å². The van der Waals surface area contributed by atoms with Gasteiger partial charge in [-0.25, -0.2) is 0 Å². The van der Waals surface area contributed by atoms with Crippen molar-refractivity contribution in [2.24, 2.45) is 65.0 Å². The SMILES string of the molecule is CC(C)(C)C(P(c1ccccc1-c1ccccc1P(C(C(C)(C)C)C(C)(C)C(C)(C)C)C(C(C)(C)C)C(C)(C)C(C)(C)C)C(C(C)(C)C)C(C)(C)C(C)(C)C)C(C)(C)C(C)(C)C. The molecular weight excluding hydrogens is 783 g/mol. The van der Waals surface area contributed by atoms with Gasteiger partial charge in [0.05, 0.1) is 0 Å². The normalized spacial score (nSPS) is 18.3. The molecule has 0 fully saturated rings. The number of hydrogen-bond acceptors (Lipinski definition) is 0. The summed E-state index contributed by atoms with van der Waals surface area (Å²) < 4.78 is 0. The van der Waals surface area contributed by atoms with Crippen LogP contribution in [0.3, 0.4) is 0 Å². The molecule has 0 heterocycles. The topological polar surface area (TPSA) is 0 Å². The average molecular weight is 891 g/mol. The van der Waals surface area contributed by atoms with Crippen molar-refractivity contribution in [3.63, 3.8) is 0 Å². The van der Waals surface area contributed by atoms with Gasteiger partial charge >= 0.3 is 0 Å². The Bertz CT molecular complexity index is 1550. The predicted octanol–water partition coefficient (Wildman–Crippen LogP) is 19.5. The van der Waals surface area contributed by atoms with E-state index in [1.807, 2.05) is 0 Å². The van der Waals surface area contributed by atoms with Gasteiger partial charge < -0.3 is 0 Å². The molecule has 4 atom stereocenters. The Morgan fingerprint density at radius 3 is 0.565 bits per heavy atom. The first-order valence-electron chi connectivity index (χ1n) is 24.7. The van der Waals surface area contributed by atoms with Crippen LogP contribution in [0.15, 0.2) is 48.5 Å².